The standard InChI is InChI=1S/C11H17NO3/c1-7(13)12(2)11(10(14)15)6-8-3-4-9(11)5-8/h8-9H,3-6H2,1-2H3,(H,14,15). The van der Waals surface area contributed by atoms with Gasteiger partial charge in [0.05, 0.1) is 0 Å². The highest BCUT2D eigenvalue weighted by Crippen LogP contribution is 2.53. The van der Waals surface area contributed by atoms with E-state index in [-0.39, 0.29) is 11.8 Å². The molecule has 1 N–H and O–H groups in total. The molecule has 2 aliphatic carbocycles. The van der Waals surface area contributed by atoms with Crippen molar-refractivity contribution in [2.75, 3.05) is 7.05 Å². The maximum atomic E-state index is 11.5. The van der Waals surface area contributed by atoms with Crippen LogP contribution in [0.3, 0.4) is 0 Å². The van der Waals surface area contributed by atoms with E-state index in [1.54, 1.807) is 7.05 Å². The number of likely N-dealkylation sites (N-methyl/N-ethyl adjacent to an activating group) is 1. The van der Waals surface area contributed by atoms with Gasteiger partial charge in [-0.15, -0.1) is 0 Å². The smallest absolute Gasteiger partial charge is 0.329 e. The van der Waals surface area contributed by atoms with Crippen molar-refractivity contribution in [3.05, 3.63) is 0 Å². The van der Waals surface area contributed by atoms with Crippen LogP contribution in [0.2, 0.25) is 0 Å². The van der Waals surface area contributed by atoms with Crippen molar-refractivity contribution in [1.82, 2.24) is 4.90 Å². The zero-order valence-electron chi connectivity index (χ0n) is 9.19. The Hall–Kier alpha value is -1.06. The van der Waals surface area contributed by atoms with Gasteiger partial charge in [0.1, 0.15) is 5.54 Å². The Morgan fingerprint density at radius 3 is 2.40 bits per heavy atom. The third-order valence-electron chi connectivity index (χ3n) is 4.26. The van der Waals surface area contributed by atoms with Crippen molar-refractivity contribution in [2.45, 2.75) is 38.1 Å². The van der Waals surface area contributed by atoms with E-state index in [1.807, 2.05) is 0 Å². The first kappa shape index (κ1) is 10.5. The lowest BCUT2D eigenvalue weighted by Gasteiger charge is -2.41. The molecule has 3 atom stereocenters. The molecule has 1 amide bonds. The number of fused-ring (bicyclic) bond motifs is 2. The van der Waals surface area contributed by atoms with Crippen molar-refractivity contribution in [3.63, 3.8) is 0 Å². The fourth-order valence-electron chi connectivity index (χ4n) is 3.40. The quantitative estimate of drug-likeness (QED) is 0.744. The number of nitrogens with zero attached hydrogens (tertiary/aromatic N) is 1. The molecule has 2 fully saturated rings. The second-order valence-corrected chi connectivity index (χ2v) is 4.89. The summed E-state index contributed by atoms with van der Waals surface area (Å²) >= 11 is 0. The van der Waals surface area contributed by atoms with Crippen LogP contribution in [-0.4, -0.2) is 34.5 Å². The first-order valence-corrected chi connectivity index (χ1v) is 5.46. The van der Waals surface area contributed by atoms with Gasteiger partial charge in [-0.1, -0.05) is 0 Å². The summed E-state index contributed by atoms with van der Waals surface area (Å²) < 4.78 is 0. The molecule has 2 rings (SSSR count). The zero-order valence-corrected chi connectivity index (χ0v) is 9.19. The molecule has 2 aliphatic rings. The summed E-state index contributed by atoms with van der Waals surface area (Å²) in [7, 11) is 1.62. The van der Waals surface area contributed by atoms with E-state index in [0.717, 1.165) is 19.3 Å². The van der Waals surface area contributed by atoms with E-state index in [2.05, 4.69) is 0 Å². The number of amides is 1. The summed E-state index contributed by atoms with van der Waals surface area (Å²) in [5.41, 5.74) is -0.908. The maximum absolute atomic E-state index is 11.5. The molecule has 0 saturated heterocycles. The highest BCUT2D eigenvalue weighted by atomic mass is 16.4. The number of carbonyl (C=O) groups excluding carboxylic acids is 1. The van der Waals surface area contributed by atoms with Gasteiger partial charge in [-0.05, 0) is 37.5 Å². The first-order valence-electron chi connectivity index (χ1n) is 5.46. The number of rotatable bonds is 2. The Morgan fingerprint density at radius 1 is 1.40 bits per heavy atom. The van der Waals surface area contributed by atoms with E-state index in [9.17, 15) is 14.7 Å². The number of carboxylic acids is 1. The minimum Gasteiger partial charge on any atom is -0.479 e. The second-order valence-electron chi connectivity index (χ2n) is 4.89. The fourth-order valence-corrected chi connectivity index (χ4v) is 3.40. The average molecular weight is 211 g/mol. The number of carboxylic acid groups (broad SMARTS) is 1. The van der Waals surface area contributed by atoms with E-state index >= 15 is 0 Å². The Bertz CT molecular complexity index is 315. The van der Waals surface area contributed by atoms with Crippen molar-refractivity contribution in [1.29, 1.82) is 0 Å². The average Bonchev–Trinajstić information content (AvgIpc) is 2.75. The predicted octanol–water partition coefficient (Wildman–Crippen LogP) is 1.11. The second kappa shape index (κ2) is 3.22. The molecule has 0 radical (unpaired) electrons. The number of carbonyl (C=O) groups is 2. The van der Waals surface area contributed by atoms with Crippen molar-refractivity contribution < 1.29 is 14.7 Å². The molecule has 0 aliphatic heterocycles. The monoisotopic (exact) mass is 211 g/mol. The summed E-state index contributed by atoms with van der Waals surface area (Å²) in [4.78, 5) is 24.3. The molecule has 0 spiro atoms. The van der Waals surface area contributed by atoms with Gasteiger partial charge in [0.2, 0.25) is 5.91 Å². The van der Waals surface area contributed by atoms with Crippen LogP contribution in [0.25, 0.3) is 0 Å². The molecular formula is C11H17NO3. The van der Waals surface area contributed by atoms with Gasteiger partial charge >= 0.3 is 5.97 Å². The van der Waals surface area contributed by atoms with Gasteiger partial charge < -0.3 is 10.0 Å². The zero-order chi connectivity index (χ0) is 11.2. The maximum Gasteiger partial charge on any atom is 0.329 e. The minimum absolute atomic E-state index is 0.148. The first-order chi connectivity index (χ1) is 6.98. The van der Waals surface area contributed by atoms with Crippen LogP contribution in [0.1, 0.15) is 32.6 Å². The molecule has 0 aromatic heterocycles. The Kier molecular flexibility index (Phi) is 2.24. The van der Waals surface area contributed by atoms with Gasteiger partial charge in [0.25, 0.3) is 0 Å². The summed E-state index contributed by atoms with van der Waals surface area (Å²) in [5, 5.41) is 9.41. The van der Waals surface area contributed by atoms with E-state index < -0.39 is 11.5 Å². The van der Waals surface area contributed by atoms with Crippen LogP contribution in [0, 0.1) is 11.8 Å². The minimum atomic E-state index is -0.908. The molecule has 3 unspecified atom stereocenters. The molecule has 0 aromatic carbocycles. The topological polar surface area (TPSA) is 57.6 Å². The van der Waals surface area contributed by atoms with E-state index in [1.165, 1.54) is 11.8 Å². The lowest BCUT2D eigenvalue weighted by molar-refractivity contribution is -0.161. The number of hydrogen-bond donors (Lipinski definition) is 1. The van der Waals surface area contributed by atoms with Crippen LogP contribution < -0.4 is 0 Å². The largest absolute Gasteiger partial charge is 0.479 e. The summed E-state index contributed by atoms with van der Waals surface area (Å²) in [5.74, 6) is -0.306. The third kappa shape index (κ3) is 1.27. The highest BCUT2D eigenvalue weighted by Gasteiger charge is 2.59. The Balaban J connectivity index is 2.34. The molecular weight excluding hydrogens is 194 g/mol. The van der Waals surface area contributed by atoms with Gasteiger partial charge in [-0.25, -0.2) is 4.79 Å². The van der Waals surface area contributed by atoms with Crippen LogP contribution >= 0.6 is 0 Å². The van der Waals surface area contributed by atoms with Crippen LogP contribution in [0.5, 0.6) is 0 Å². The molecule has 0 aromatic rings. The highest BCUT2D eigenvalue weighted by molar-refractivity contribution is 5.86. The van der Waals surface area contributed by atoms with Gasteiger partial charge in [0.15, 0.2) is 0 Å². The number of aliphatic carboxylic acids is 1. The third-order valence-corrected chi connectivity index (χ3v) is 4.26. The summed E-state index contributed by atoms with van der Waals surface area (Å²) in [6.45, 7) is 1.44. The van der Waals surface area contributed by atoms with Gasteiger partial charge in [0, 0.05) is 14.0 Å². The summed E-state index contributed by atoms with van der Waals surface area (Å²) in [6, 6.07) is 0. The summed E-state index contributed by atoms with van der Waals surface area (Å²) in [6.07, 6.45) is 3.70. The van der Waals surface area contributed by atoms with Gasteiger partial charge in [-0.3, -0.25) is 4.79 Å². The van der Waals surface area contributed by atoms with E-state index in [4.69, 9.17) is 0 Å². The molecule has 84 valence electrons. The molecule has 2 bridgehead atoms. The lowest BCUT2D eigenvalue weighted by Crippen LogP contribution is -2.58. The molecule has 4 nitrogen and oxygen atoms in total. The van der Waals surface area contributed by atoms with E-state index in [0.29, 0.717) is 12.3 Å². The molecule has 2 saturated carbocycles. The lowest BCUT2D eigenvalue weighted by atomic mass is 9.79. The Labute approximate surface area is 89.3 Å². The van der Waals surface area contributed by atoms with Crippen LogP contribution in [0.4, 0.5) is 0 Å². The fraction of sp³-hybridized carbons (Fsp3) is 0.818. The van der Waals surface area contributed by atoms with Crippen molar-refractivity contribution >= 4 is 11.9 Å². The predicted molar refractivity (Wildman–Crippen MR) is 54.3 cm³/mol. The molecule has 4 heteroatoms. The van der Waals surface area contributed by atoms with Gasteiger partial charge in [-0.2, -0.15) is 0 Å². The SMILES string of the molecule is CC(=O)N(C)C1(C(=O)O)CC2CCC1C2. The van der Waals surface area contributed by atoms with Crippen molar-refractivity contribution in [2.24, 2.45) is 11.8 Å². The van der Waals surface area contributed by atoms with Crippen LogP contribution in [0.15, 0.2) is 0 Å². The number of hydrogen-bond acceptors (Lipinski definition) is 2. The molecule has 15 heavy (non-hydrogen) atoms. The Morgan fingerprint density at radius 2 is 2.07 bits per heavy atom. The molecule has 0 heterocycles. The van der Waals surface area contributed by atoms with Crippen LogP contribution in [-0.2, 0) is 9.59 Å². The van der Waals surface area contributed by atoms with Crippen molar-refractivity contribution in [3.8, 4) is 0 Å². The normalized spacial score (nSPS) is 38.0.